The molecule has 1 fully saturated rings. The Hall–Kier alpha value is -1.04. The second-order valence-corrected chi connectivity index (χ2v) is 6.14. The van der Waals surface area contributed by atoms with Gasteiger partial charge in [-0.1, -0.05) is 18.7 Å². The van der Waals surface area contributed by atoms with Gasteiger partial charge in [0.2, 0.25) is 0 Å². The monoisotopic (exact) mass is 269 g/mol. The van der Waals surface area contributed by atoms with Gasteiger partial charge in [0.05, 0.1) is 5.75 Å². The van der Waals surface area contributed by atoms with Crippen LogP contribution >= 0.6 is 11.8 Å². The highest BCUT2D eigenvalue weighted by molar-refractivity contribution is 7.99. The molecule has 0 aliphatic heterocycles. The number of carboxylic acids is 1. The van der Waals surface area contributed by atoms with Crippen LogP contribution in [0.1, 0.15) is 39.4 Å². The zero-order valence-electron chi connectivity index (χ0n) is 11.0. The number of hydrogen-bond acceptors (Lipinski definition) is 4. The number of aromatic nitrogens is 3. The molecular formula is C12H19N3O2S. The van der Waals surface area contributed by atoms with E-state index in [1.807, 2.05) is 0 Å². The lowest BCUT2D eigenvalue weighted by molar-refractivity contribution is -0.133. The van der Waals surface area contributed by atoms with E-state index >= 15 is 0 Å². The molecule has 1 heterocycles. The second kappa shape index (κ2) is 4.91. The van der Waals surface area contributed by atoms with E-state index in [2.05, 4.69) is 35.5 Å². The van der Waals surface area contributed by atoms with Gasteiger partial charge in [-0.15, -0.1) is 10.2 Å². The van der Waals surface area contributed by atoms with Crippen LogP contribution in [-0.4, -0.2) is 31.6 Å². The molecule has 2 rings (SSSR count). The summed E-state index contributed by atoms with van der Waals surface area (Å²) in [5.74, 6) is 0.808. The molecule has 1 aliphatic rings. The second-order valence-electron chi connectivity index (χ2n) is 5.20. The van der Waals surface area contributed by atoms with Crippen LogP contribution in [0.15, 0.2) is 5.16 Å². The minimum Gasteiger partial charge on any atom is -0.481 e. The molecule has 6 heteroatoms. The number of carboxylic acid groups (broad SMARTS) is 1. The summed E-state index contributed by atoms with van der Waals surface area (Å²) in [6, 6.07) is 0. The summed E-state index contributed by atoms with van der Waals surface area (Å²) in [6.07, 6.45) is 3.28. The van der Waals surface area contributed by atoms with Crippen LogP contribution in [0.5, 0.6) is 0 Å². The van der Waals surface area contributed by atoms with Gasteiger partial charge < -0.3 is 9.67 Å². The first-order chi connectivity index (χ1) is 8.46. The van der Waals surface area contributed by atoms with Gasteiger partial charge in [-0.25, -0.2) is 0 Å². The van der Waals surface area contributed by atoms with Crippen molar-refractivity contribution in [2.75, 3.05) is 5.75 Å². The lowest BCUT2D eigenvalue weighted by Gasteiger charge is -2.29. The number of carbonyl (C=O) groups is 1. The molecule has 1 aromatic heterocycles. The van der Waals surface area contributed by atoms with Gasteiger partial charge in [0.25, 0.3) is 0 Å². The van der Waals surface area contributed by atoms with Crippen LogP contribution in [-0.2, 0) is 16.8 Å². The average Bonchev–Trinajstić information content (AvgIpc) is 3.07. The SMILES string of the molecule is CCc1nnc(SCC(=O)O)n1C(C)(C)C1CC1. The average molecular weight is 269 g/mol. The predicted octanol–water partition coefficient (Wildman–Crippen LogP) is 2.16. The third-order valence-electron chi connectivity index (χ3n) is 3.49. The zero-order valence-corrected chi connectivity index (χ0v) is 11.8. The fourth-order valence-electron chi connectivity index (χ4n) is 2.30. The number of hydrogen-bond donors (Lipinski definition) is 1. The van der Waals surface area contributed by atoms with Crippen molar-refractivity contribution in [1.82, 2.24) is 14.8 Å². The molecule has 0 bridgehead atoms. The van der Waals surface area contributed by atoms with Crippen molar-refractivity contribution >= 4 is 17.7 Å². The van der Waals surface area contributed by atoms with Crippen LogP contribution in [0.4, 0.5) is 0 Å². The summed E-state index contributed by atoms with van der Waals surface area (Å²) in [5, 5.41) is 17.8. The molecule has 0 spiro atoms. The molecule has 0 radical (unpaired) electrons. The van der Waals surface area contributed by atoms with Crippen LogP contribution in [0.2, 0.25) is 0 Å². The van der Waals surface area contributed by atoms with Crippen molar-refractivity contribution in [1.29, 1.82) is 0 Å². The van der Waals surface area contributed by atoms with Crippen LogP contribution in [0.25, 0.3) is 0 Å². The molecular weight excluding hydrogens is 250 g/mol. The van der Waals surface area contributed by atoms with Crippen LogP contribution in [0.3, 0.4) is 0 Å². The molecule has 18 heavy (non-hydrogen) atoms. The standard InChI is InChI=1S/C12H19N3O2S/c1-4-9-13-14-11(18-7-10(16)17)15(9)12(2,3)8-5-6-8/h8H,4-7H2,1-3H3,(H,16,17). The fraction of sp³-hybridized carbons (Fsp3) is 0.750. The molecule has 1 aliphatic carbocycles. The van der Waals surface area contributed by atoms with Crippen molar-refractivity contribution in [3.63, 3.8) is 0 Å². The molecule has 100 valence electrons. The van der Waals surface area contributed by atoms with E-state index < -0.39 is 5.97 Å². The van der Waals surface area contributed by atoms with E-state index in [1.165, 1.54) is 24.6 Å². The summed E-state index contributed by atoms with van der Waals surface area (Å²) in [4.78, 5) is 10.7. The predicted molar refractivity (Wildman–Crippen MR) is 69.8 cm³/mol. The normalized spacial score (nSPS) is 15.9. The van der Waals surface area contributed by atoms with Gasteiger partial charge in [-0.05, 0) is 32.6 Å². The number of aliphatic carboxylic acids is 1. The Morgan fingerprint density at radius 2 is 2.17 bits per heavy atom. The smallest absolute Gasteiger partial charge is 0.313 e. The lowest BCUT2D eigenvalue weighted by Crippen LogP contribution is -2.31. The summed E-state index contributed by atoms with van der Waals surface area (Å²) in [5.41, 5.74) is -0.0182. The largest absolute Gasteiger partial charge is 0.481 e. The van der Waals surface area contributed by atoms with E-state index in [0.29, 0.717) is 5.92 Å². The van der Waals surface area contributed by atoms with E-state index in [-0.39, 0.29) is 11.3 Å². The quantitative estimate of drug-likeness (QED) is 0.802. The number of nitrogens with zero attached hydrogens (tertiary/aromatic N) is 3. The van der Waals surface area contributed by atoms with Gasteiger partial charge in [0.15, 0.2) is 5.16 Å². The highest BCUT2D eigenvalue weighted by Gasteiger charge is 2.41. The summed E-state index contributed by atoms with van der Waals surface area (Å²) >= 11 is 1.25. The van der Waals surface area contributed by atoms with Crippen molar-refractivity contribution < 1.29 is 9.90 Å². The van der Waals surface area contributed by atoms with Gasteiger partial charge in [0.1, 0.15) is 5.82 Å². The summed E-state index contributed by atoms with van der Waals surface area (Å²) in [7, 11) is 0. The Bertz CT molecular complexity index is 452. The maximum Gasteiger partial charge on any atom is 0.313 e. The lowest BCUT2D eigenvalue weighted by atomic mass is 9.98. The Kier molecular flexibility index (Phi) is 3.66. The molecule has 0 unspecified atom stereocenters. The molecule has 0 aromatic carbocycles. The number of thioether (sulfide) groups is 1. The van der Waals surface area contributed by atoms with Crippen molar-refractivity contribution in [3.05, 3.63) is 5.82 Å². The molecule has 1 aromatic rings. The molecule has 0 atom stereocenters. The molecule has 5 nitrogen and oxygen atoms in total. The van der Waals surface area contributed by atoms with Gasteiger partial charge in [-0.3, -0.25) is 4.79 Å². The van der Waals surface area contributed by atoms with Crippen molar-refractivity contribution in [2.45, 2.75) is 50.7 Å². The first-order valence-corrected chi connectivity index (χ1v) is 7.24. The maximum absolute atomic E-state index is 10.7. The van der Waals surface area contributed by atoms with Crippen molar-refractivity contribution in [3.8, 4) is 0 Å². The van der Waals surface area contributed by atoms with Gasteiger partial charge >= 0.3 is 5.97 Å². The van der Waals surface area contributed by atoms with E-state index in [4.69, 9.17) is 5.11 Å². The molecule has 1 N–H and O–H groups in total. The van der Waals surface area contributed by atoms with Gasteiger partial charge in [-0.2, -0.15) is 0 Å². The van der Waals surface area contributed by atoms with Gasteiger partial charge in [0, 0.05) is 12.0 Å². The Labute approximate surface area is 111 Å². The Balaban J connectivity index is 2.29. The van der Waals surface area contributed by atoms with Crippen LogP contribution in [0, 0.1) is 5.92 Å². The third kappa shape index (κ3) is 2.53. The Morgan fingerprint density at radius 3 is 2.67 bits per heavy atom. The minimum absolute atomic E-state index is 0.0182. The Morgan fingerprint density at radius 1 is 1.50 bits per heavy atom. The highest BCUT2D eigenvalue weighted by Crippen LogP contribution is 2.45. The number of rotatable bonds is 6. The van der Waals surface area contributed by atoms with E-state index in [9.17, 15) is 4.79 Å². The summed E-state index contributed by atoms with van der Waals surface area (Å²) < 4.78 is 2.14. The maximum atomic E-state index is 10.7. The molecule has 0 amide bonds. The van der Waals surface area contributed by atoms with E-state index in [1.54, 1.807) is 0 Å². The minimum atomic E-state index is -0.822. The highest BCUT2D eigenvalue weighted by atomic mass is 32.2. The zero-order chi connectivity index (χ0) is 13.3. The van der Waals surface area contributed by atoms with Crippen molar-refractivity contribution in [2.24, 2.45) is 5.92 Å². The summed E-state index contributed by atoms with van der Waals surface area (Å²) in [6.45, 7) is 6.44. The first-order valence-electron chi connectivity index (χ1n) is 6.26. The fourth-order valence-corrected chi connectivity index (χ4v) is 3.12. The molecule has 0 saturated heterocycles. The third-order valence-corrected chi connectivity index (χ3v) is 4.41. The van der Waals surface area contributed by atoms with E-state index in [0.717, 1.165) is 17.4 Å². The topological polar surface area (TPSA) is 68.0 Å². The number of aryl methyl sites for hydroxylation is 1. The first kappa shape index (κ1) is 13.4. The molecule has 1 saturated carbocycles. The van der Waals surface area contributed by atoms with Crippen LogP contribution < -0.4 is 0 Å².